The molecule has 1 aromatic heterocycles. The number of primary sulfonamides is 1. The van der Waals surface area contributed by atoms with Gasteiger partial charge in [0.25, 0.3) is 0 Å². The van der Waals surface area contributed by atoms with Crippen LogP contribution < -0.4 is 5.14 Å². The molecule has 0 atom stereocenters. The predicted molar refractivity (Wildman–Crippen MR) is 80.5 cm³/mol. The molecule has 7 heteroatoms. The number of nitrogens with zero attached hydrogens (tertiary/aromatic N) is 1. The lowest BCUT2D eigenvalue weighted by Crippen LogP contribution is -2.12. The summed E-state index contributed by atoms with van der Waals surface area (Å²) >= 11 is 0. The van der Waals surface area contributed by atoms with E-state index in [0.29, 0.717) is 13.2 Å². The van der Waals surface area contributed by atoms with Gasteiger partial charge in [-0.15, -0.1) is 0 Å². The molecule has 0 aromatic carbocycles. The molecule has 0 saturated heterocycles. The van der Waals surface area contributed by atoms with Crippen LogP contribution in [0.5, 0.6) is 0 Å². The quantitative estimate of drug-likeness (QED) is 0.559. The number of aromatic nitrogens is 1. The second-order valence-electron chi connectivity index (χ2n) is 4.94. The normalized spacial score (nSPS) is 11.6. The van der Waals surface area contributed by atoms with Crippen molar-refractivity contribution in [2.75, 3.05) is 6.61 Å². The van der Waals surface area contributed by atoms with Crippen molar-refractivity contribution in [2.24, 2.45) is 5.14 Å². The van der Waals surface area contributed by atoms with Gasteiger partial charge in [-0.3, -0.25) is 0 Å². The van der Waals surface area contributed by atoms with Gasteiger partial charge in [-0.2, -0.15) is 0 Å². The average molecular weight is 316 g/mol. The standard InChI is InChI=1S/C14H24N2O4S/c1-3-5-6-7-8-9-20-14(17)13-10-12(21(15,18)19)11-16(13)4-2/h10-11H,3-9H2,1-2H3,(H2,15,18,19). The summed E-state index contributed by atoms with van der Waals surface area (Å²) < 4.78 is 29.3. The Balaban J connectivity index is 2.59. The number of hydrogen-bond donors (Lipinski definition) is 1. The maximum absolute atomic E-state index is 12.0. The van der Waals surface area contributed by atoms with Crippen molar-refractivity contribution in [1.29, 1.82) is 0 Å². The number of sulfonamides is 1. The van der Waals surface area contributed by atoms with Crippen molar-refractivity contribution in [2.45, 2.75) is 57.4 Å². The van der Waals surface area contributed by atoms with Crippen LogP contribution in [-0.2, 0) is 21.3 Å². The summed E-state index contributed by atoms with van der Waals surface area (Å²) in [6.07, 6.45) is 6.69. The summed E-state index contributed by atoms with van der Waals surface area (Å²) in [4.78, 5) is 11.9. The summed E-state index contributed by atoms with van der Waals surface area (Å²) in [5, 5.41) is 5.07. The van der Waals surface area contributed by atoms with Crippen LogP contribution in [0, 0.1) is 0 Å². The molecule has 6 nitrogen and oxygen atoms in total. The van der Waals surface area contributed by atoms with Crippen LogP contribution in [-0.4, -0.2) is 25.6 Å². The van der Waals surface area contributed by atoms with E-state index in [1.54, 1.807) is 0 Å². The zero-order chi connectivity index (χ0) is 15.9. The number of aryl methyl sites for hydroxylation is 1. The molecule has 0 fully saturated rings. The number of nitrogens with two attached hydrogens (primary N) is 1. The van der Waals surface area contributed by atoms with Gasteiger partial charge in [0.05, 0.1) is 6.61 Å². The highest BCUT2D eigenvalue weighted by atomic mass is 32.2. The van der Waals surface area contributed by atoms with Gasteiger partial charge in [-0.05, 0) is 19.4 Å². The molecule has 0 bridgehead atoms. The summed E-state index contributed by atoms with van der Waals surface area (Å²) in [6.45, 7) is 4.77. The van der Waals surface area contributed by atoms with E-state index in [1.165, 1.54) is 29.7 Å². The van der Waals surface area contributed by atoms with Crippen molar-refractivity contribution in [3.8, 4) is 0 Å². The number of esters is 1. The molecule has 0 aliphatic rings. The van der Waals surface area contributed by atoms with Crippen molar-refractivity contribution >= 4 is 16.0 Å². The molecule has 1 rings (SSSR count). The largest absolute Gasteiger partial charge is 0.461 e. The molecule has 0 amide bonds. The molecule has 2 N–H and O–H groups in total. The molecule has 1 aromatic rings. The van der Waals surface area contributed by atoms with Crippen molar-refractivity contribution in [1.82, 2.24) is 4.57 Å². The van der Waals surface area contributed by atoms with Gasteiger partial charge >= 0.3 is 5.97 Å². The fourth-order valence-corrected chi connectivity index (χ4v) is 2.57. The summed E-state index contributed by atoms with van der Waals surface area (Å²) in [6, 6.07) is 1.26. The number of rotatable bonds is 9. The van der Waals surface area contributed by atoms with Crippen LogP contribution in [0.25, 0.3) is 0 Å². The van der Waals surface area contributed by atoms with Crippen LogP contribution >= 0.6 is 0 Å². The van der Waals surface area contributed by atoms with E-state index in [-0.39, 0.29) is 10.6 Å². The Kier molecular flexibility index (Phi) is 6.91. The highest BCUT2D eigenvalue weighted by Crippen LogP contribution is 2.14. The van der Waals surface area contributed by atoms with Gasteiger partial charge in [-0.25, -0.2) is 18.4 Å². The Labute approximate surface area is 126 Å². The molecule has 0 saturated carbocycles. The maximum Gasteiger partial charge on any atom is 0.354 e. The van der Waals surface area contributed by atoms with Gasteiger partial charge in [0.2, 0.25) is 10.0 Å². The van der Waals surface area contributed by atoms with Gasteiger partial charge in [0.15, 0.2) is 0 Å². The number of ether oxygens (including phenoxy) is 1. The van der Waals surface area contributed by atoms with Crippen LogP contribution in [0.3, 0.4) is 0 Å². The lowest BCUT2D eigenvalue weighted by Gasteiger charge is -2.06. The van der Waals surface area contributed by atoms with Crippen LogP contribution in [0.15, 0.2) is 17.2 Å². The molecule has 0 radical (unpaired) electrons. The molecular weight excluding hydrogens is 292 g/mol. The highest BCUT2D eigenvalue weighted by molar-refractivity contribution is 7.89. The first-order chi connectivity index (χ1) is 9.90. The topological polar surface area (TPSA) is 91.4 Å². The Morgan fingerprint density at radius 3 is 2.48 bits per heavy atom. The Bertz CT molecular complexity index is 564. The minimum absolute atomic E-state index is 0.0701. The Morgan fingerprint density at radius 1 is 1.24 bits per heavy atom. The zero-order valence-electron chi connectivity index (χ0n) is 12.7. The lowest BCUT2D eigenvalue weighted by atomic mass is 10.2. The smallest absolute Gasteiger partial charge is 0.354 e. The van der Waals surface area contributed by atoms with E-state index < -0.39 is 16.0 Å². The molecule has 0 unspecified atom stereocenters. The van der Waals surface area contributed by atoms with E-state index >= 15 is 0 Å². The minimum atomic E-state index is -3.81. The van der Waals surface area contributed by atoms with Gasteiger partial charge in [0.1, 0.15) is 10.6 Å². The summed E-state index contributed by atoms with van der Waals surface area (Å²) in [5.74, 6) is -0.512. The van der Waals surface area contributed by atoms with E-state index in [4.69, 9.17) is 9.88 Å². The van der Waals surface area contributed by atoms with E-state index in [2.05, 4.69) is 6.92 Å². The maximum atomic E-state index is 12.0. The molecule has 0 aliphatic carbocycles. The third-order valence-electron chi connectivity index (χ3n) is 3.23. The molecule has 0 aliphatic heterocycles. The first-order valence-electron chi connectivity index (χ1n) is 7.30. The monoisotopic (exact) mass is 316 g/mol. The Hall–Kier alpha value is -1.34. The first-order valence-corrected chi connectivity index (χ1v) is 8.84. The molecular formula is C14H24N2O4S. The molecule has 1 heterocycles. The van der Waals surface area contributed by atoms with Gasteiger partial charge in [-0.1, -0.05) is 32.6 Å². The number of unbranched alkanes of at least 4 members (excludes halogenated alkanes) is 4. The molecule has 120 valence electrons. The SMILES string of the molecule is CCCCCCCOC(=O)c1cc(S(N)(=O)=O)cn1CC. The Morgan fingerprint density at radius 2 is 1.90 bits per heavy atom. The summed E-state index contributed by atoms with van der Waals surface area (Å²) in [5.41, 5.74) is 0.218. The fraction of sp³-hybridized carbons (Fsp3) is 0.643. The predicted octanol–water partition coefficient (Wildman–Crippen LogP) is 2.28. The van der Waals surface area contributed by atoms with Crippen molar-refractivity contribution in [3.05, 3.63) is 18.0 Å². The third-order valence-corrected chi connectivity index (χ3v) is 4.11. The average Bonchev–Trinajstić information content (AvgIpc) is 2.86. The van der Waals surface area contributed by atoms with Gasteiger partial charge in [0, 0.05) is 12.7 Å². The minimum Gasteiger partial charge on any atom is -0.461 e. The number of carbonyl (C=O) groups excluding carboxylic acids is 1. The fourth-order valence-electron chi connectivity index (χ4n) is 2.02. The second kappa shape index (κ2) is 8.19. The van der Waals surface area contributed by atoms with E-state index in [1.807, 2.05) is 6.92 Å². The van der Waals surface area contributed by atoms with Gasteiger partial charge < -0.3 is 9.30 Å². The number of hydrogen-bond acceptors (Lipinski definition) is 4. The van der Waals surface area contributed by atoms with Crippen molar-refractivity contribution < 1.29 is 17.9 Å². The molecule has 21 heavy (non-hydrogen) atoms. The molecule has 0 spiro atoms. The van der Waals surface area contributed by atoms with Crippen molar-refractivity contribution in [3.63, 3.8) is 0 Å². The van der Waals surface area contributed by atoms with Crippen LogP contribution in [0.4, 0.5) is 0 Å². The number of carbonyl (C=O) groups is 1. The highest BCUT2D eigenvalue weighted by Gasteiger charge is 2.19. The van der Waals surface area contributed by atoms with E-state index in [9.17, 15) is 13.2 Å². The van der Waals surface area contributed by atoms with Crippen LogP contribution in [0.2, 0.25) is 0 Å². The lowest BCUT2D eigenvalue weighted by molar-refractivity contribution is 0.0485. The zero-order valence-corrected chi connectivity index (χ0v) is 13.5. The summed E-state index contributed by atoms with van der Waals surface area (Å²) in [7, 11) is -3.81. The van der Waals surface area contributed by atoms with Crippen LogP contribution in [0.1, 0.15) is 56.4 Å². The van der Waals surface area contributed by atoms with E-state index in [0.717, 1.165) is 19.3 Å². The first kappa shape index (κ1) is 17.7. The second-order valence-corrected chi connectivity index (χ2v) is 6.50. The third kappa shape index (κ3) is 5.51.